The smallest absolute Gasteiger partial charge is 0.335 e. The minimum absolute atomic E-state index is 0.250. The predicted molar refractivity (Wildman–Crippen MR) is 72.1 cm³/mol. The van der Waals surface area contributed by atoms with Crippen molar-refractivity contribution in [1.29, 1.82) is 0 Å². The Kier molecular flexibility index (Phi) is 3.75. The van der Waals surface area contributed by atoms with Gasteiger partial charge in [0.15, 0.2) is 0 Å². The van der Waals surface area contributed by atoms with E-state index in [1.165, 1.54) is 12.1 Å². The van der Waals surface area contributed by atoms with Gasteiger partial charge in [-0.05, 0) is 42.0 Å². The summed E-state index contributed by atoms with van der Waals surface area (Å²) in [4.78, 5) is 14.9. The first-order valence-electron chi connectivity index (χ1n) is 5.28. The molecule has 0 atom stereocenters. The van der Waals surface area contributed by atoms with Crippen LogP contribution in [0.2, 0.25) is 5.02 Å². The van der Waals surface area contributed by atoms with Gasteiger partial charge in [-0.3, -0.25) is 4.99 Å². The summed E-state index contributed by atoms with van der Waals surface area (Å²) in [5.41, 5.74) is 1.89. The van der Waals surface area contributed by atoms with E-state index in [9.17, 15) is 4.79 Å². The summed E-state index contributed by atoms with van der Waals surface area (Å²) >= 11 is 5.78. The number of hydrogen-bond acceptors (Lipinski definition) is 2. The van der Waals surface area contributed by atoms with Gasteiger partial charge in [-0.25, -0.2) is 4.79 Å². The van der Waals surface area contributed by atoms with Crippen molar-refractivity contribution in [2.45, 2.75) is 0 Å². The molecular weight excluding hydrogens is 250 g/mol. The third-order valence-corrected chi connectivity index (χ3v) is 2.60. The summed E-state index contributed by atoms with van der Waals surface area (Å²) in [5, 5.41) is 9.44. The van der Waals surface area contributed by atoms with Crippen LogP contribution in [0.15, 0.2) is 53.5 Å². The van der Waals surface area contributed by atoms with Gasteiger partial charge >= 0.3 is 5.97 Å². The Morgan fingerprint density at radius 2 is 1.67 bits per heavy atom. The second-order valence-corrected chi connectivity index (χ2v) is 4.10. The standard InChI is InChI=1S/C14H10ClNO2/c15-12-5-1-10(2-6-12)9-16-13-7-3-11(4-8-13)14(17)18/h1-9H,(H,17,18). The van der Waals surface area contributed by atoms with E-state index in [2.05, 4.69) is 4.99 Å². The molecule has 0 aliphatic carbocycles. The number of carboxylic acids is 1. The van der Waals surface area contributed by atoms with Gasteiger partial charge in [-0.2, -0.15) is 0 Å². The molecule has 3 nitrogen and oxygen atoms in total. The summed E-state index contributed by atoms with van der Waals surface area (Å²) in [6.45, 7) is 0. The number of rotatable bonds is 3. The van der Waals surface area contributed by atoms with Crippen LogP contribution in [-0.4, -0.2) is 17.3 Å². The summed E-state index contributed by atoms with van der Waals surface area (Å²) in [7, 11) is 0. The average molecular weight is 260 g/mol. The Hall–Kier alpha value is -2.13. The van der Waals surface area contributed by atoms with Crippen LogP contribution in [0.5, 0.6) is 0 Å². The van der Waals surface area contributed by atoms with Gasteiger partial charge in [0.1, 0.15) is 0 Å². The van der Waals surface area contributed by atoms with Gasteiger partial charge in [0.05, 0.1) is 11.3 Å². The highest BCUT2D eigenvalue weighted by atomic mass is 35.5. The molecular formula is C14H10ClNO2. The van der Waals surface area contributed by atoms with Crippen molar-refractivity contribution < 1.29 is 9.90 Å². The molecule has 18 heavy (non-hydrogen) atoms. The fraction of sp³-hybridized carbons (Fsp3) is 0. The van der Waals surface area contributed by atoms with Crippen molar-refractivity contribution in [3.63, 3.8) is 0 Å². The highest BCUT2D eigenvalue weighted by molar-refractivity contribution is 6.30. The first-order chi connectivity index (χ1) is 8.65. The summed E-state index contributed by atoms with van der Waals surface area (Å²) in [6, 6.07) is 13.7. The lowest BCUT2D eigenvalue weighted by Crippen LogP contribution is -1.94. The van der Waals surface area contributed by atoms with Gasteiger partial charge in [-0.1, -0.05) is 23.7 Å². The zero-order chi connectivity index (χ0) is 13.0. The van der Waals surface area contributed by atoms with Gasteiger partial charge in [0.2, 0.25) is 0 Å². The molecule has 2 aromatic rings. The van der Waals surface area contributed by atoms with Crippen LogP contribution in [-0.2, 0) is 0 Å². The van der Waals surface area contributed by atoms with E-state index in [0.717, 1.165) is 5.56 Å². The predicted octanol–water partition coefficient (Wildman–Crippen LogP) is 3.79. The maximum absolute atomic E-state index is 10.7. The molecule has 90 valence electrons. The molecule has 0 heterocycles. The molecule has 0 saturated heterocycles. The SMILES string of the molecule is O=C(O)c1ccc(N=Cc2ccc(Cl)cc2)cc1. The van der Waals surface area contributed by atoms with Gasteiger partial charge in [0, 0.05) is 11.2 Å². The number of hydrogen-bond donors (Lipinski definition) is 1. The van der Waals surface area contributed by atoms with E-state index in [0.29, 0.717) is 10.7 Å². The van der Waals surface area contributed by atoms with Gasteiger partial charge < -0.3 is 5.11 Å². The molecule has 0 aliphatic rings. The number of aromatic carboxylic acids is 1. The molecule has 1 N–H and O–H groups in total. The third kappa shape index (κ3) is 3.18. The molecule has 0 radical (unpaired) electrons. The fourth-order valence-electron chi connectivity index (χ4n) is 1.39. The van der Waals surface area contributed by atoms with Crippen molar-refractivity contribution >= 4 is 29.5 Å². The number of benzene rings is 2. The lowest BCUT2D eigenvalue weighted by Gasteiger charge is -1.96. The topological polar surface area (TPSA) is 49.7 Å². The molecule has 0 aromatic heterocycles. The zero-order valence-electron chi connectivity index (χ0n) is 9.38. The van der Waals surface area contributed by atoms with Crippen LogP contribution in [0.4, 0.5) is 5.69 Å². The fourth-order valence-corrected chi connectivity index (χ4v) is 1.51. The number of carbonyl (C=O) groups is 1. The Labute approximate surface area is 109 Å². The molecule has 0 amide bonds. The molecule has 0 unspecified atom stereocenters. The van der Waals surface area contributed by atoms with Crippen molar-refractivity contribution in [2.75, 3.05) is 0 Å². The minimum Gasteiger partial charge on any atom is -0.478 e. The molecule has 0 aliphatic heterocycles. The lowest BCUT2D eigenvalue weighted by molar-refractivity contribution is 0.0697. The first kappa shape index (κ1) is 12.3. The molecule has 0 bridgehead atoms. The van der Waals surface area contributed by atoms with Gasteiger partial charge in [0.25, 0.3) is 0 Å². The molecule has 2 aromatic carbocycles. The third-order valence-electron chi connectivity index (χ3n) is 2.35. The first-order valence-corrected chi connectivity index (χ1v) is 5.66. The number of nitrogens with zero attached hydrogens (tertiary/aromatic N) is 1. The van der Waals surface area contributed by atoms with E-state index < -0.39 is 5.97 Å². The van der Waals surface area contributed by atoms with Crippen molar-refractivity contribution in [2.24, 2.45) is 4.99 Å². The van der Waals surface area contributed by atoms with E-state index in [1.54, 1.807) is 30.5 Å². The average Bonchev–Trinajstić information content (AvgIpc) is 2.38. The molecule has 0 saturated carbocycles. The minimum atomic E-state index is -0.941. The zero-order valence-corrected chi connectivity index (χ0v) is 10.1. The maximum atomic E-state index is 10.7. The van der Waals surface area contributed by atoms with Crippen LogP contribution >= 0.6 is 11.6 Å². The lowest BCUT2D eigenvalue weighted by atomic mass is 10.2. The van der Waals surface area contributed by atoms with Crippen LogP contribution in [0, 0.1) is 0 Å². The van der Waals surface area contributed by atoms with Gasteiger partial charge in [-0.15, -0.1) is 0 Å². The molecule has 0 spiro atoms. The maximum Gasteiger partial charge on any atom is 0.335 e. The monoisotopic (exact) mass is 259 g/mol. The van der Waals surface area contributed by atoms with E-state index >= 15 is 0 Å². The summed E-state index contributed by atoms with van der Waals surface area (Å²) < 4.78 is 0. The normalized spacial score (nSPS) is 10.7. The highest BCUT2D eigenvalue weighted by Crippen LogP contribution is 2.14. The second-order valence-electron chi connectivity index (χ2n) is 3.66. The second kappa shape index (κ2) is 5.47. The molecule has 2 rings (SSSR count). The number of halogens is 1. The quantitative estimate of drug-likeness (QED) is 0.853. The summed E-state index contributed by atoms with van der Waals surface area (Å²) in [6.07, 6.45) is 1.70. The molecule has 4 heteroatoms. The largest absolute Gasteiger partial charge is 0.478 e. The molecule has 0 fully saturated rings. The van der Waals surface area contributed by atoms with Crippen molar-refractivity contribution in [1.82, 2.24) is 0 Å². The Morgan fingerprint density at radius 1 is 1.06 bits per heavy atom. The van der Waals surface area contributed by atoms with E-state index in [4.69, 9.17) is 16.7 Å². The van der Waals surface area contributed by atoms with Crippen LogP contribution in [0.1, 0.15) is 15.9 Å². The van der Waals surface area contributed by atoms with E-state index in [-0.39, 0.29) is 5.56 Å². The van der Waals surface area contributed by atoms with Crippen molar-refractivity contribution in [3.8, 4) is 0 Å². The number of carboxylic acid groups (broad SMARTS) is 1. The van der Waals surface area contributed by atoms with Crippen molar-refractivity contribution in [3.05, 3.63) is 64.7 Å². The summed E-state index contributed by atoms with van der Waals surface area (Å²) in [5.74, 6) is -0.941. The van der Waals surface area contributed by atoms with Crippen LogP contribution < -0.4 is 0 Å². The Balaban J connectivity index is 2.13. The van der Waals surface area contributed by atoms with Crippen LogP contribution in [0.3, 0.4) is 0 Å². The Bertz CT molecular complexity index is 574. The highest BCUT2D eigenvalue weighted by Gasteiger charge is 2.00. The Morgan fingerprint density at radius 3 is 2.22 bits per heavy atom. The van der Waals surface area contributed by atoms with Crippen LogP contribution in [0.25, 0.3) is 0 Å². The van der Waals surface area contributed by atoms with E-state index in [1.807, 2.05) is 12.1 Å². The number of aliphatic imine (C=N–C) groups is 1.